The maximum atomic E-state index is 10.7. The van der Waals surface area contributed by atoms with Crippen LogP contribution in [0.15, 0.2) is 18.2 Å². The molecule has 0 saturated carbocycles. The molecule has 0 bridgehead atoms. The quantitative estimate of drug-likeness (QED) is 0.708. The number of likely N-dealkylation sites (tertiary alicyclic amines) is 1. The lowest BCUT2D eigenvalue weighted by Gasteiger charge is -2.37. The van der Waals surface area contributed by atoms with E-state index in [1.54, 1.807) is 6.07 Å². The third-order valence-corrected chi connectivity index (χ3v) is 2.84. The highest BCUT2D eigenvalue weighted by molar-refractivity contribution is 5.89. The van der Waals surface area contributed by atoms with Crippen LogP contribution in [0.4, 0.5) is 5.69 Å². The van der Waals surface area contributed by atoms with Crippen molar-refractivity contribution in [3.63, 3.8) is 0 Å². The Labute approximate surface area is 88.3 Å². The topological polar surface area (TPSA) is 66.6 Å². The maximum Gasteiger partial charge on any atom is 0.335 e. The van der Waals surface area contributed by atoms with Gasteiger partial charge in [-0.3, -0.25) is 0 Å². The van der Waals surface area contributed by atoms with Gasteiger partial charge in [-0.05, 0) is 24.7 Å². The van der Waals surface area contributed by atoms with Crippen molar-refractivity contribution in [3.05, 3.63) is 29.3 Å². The van der Waals surface area contributed by atoms with Gasteiger partial charge in [0.2, 0.25) is 0 Å². The number of carboxylic acid groups (broad SMARTS) is 1. The highest BCUT2D eigenvalue weighted by Crippen LogP contribution is 2.30. The molecule has 15 heavy (non-hydrogen) atoms. The molecule has 80 valence electrons. The lowest BCUT2D eigenvalue weighted by Crippen LogP contribution is -2.42. The molecule has 4 nitrogen and oxygen atoms in total. The van der Waals surface area contributed by atoms with Crippen molar-refractivity contribution >= 4 is 11.7 Å². The third kappa shape index (κ3) is 1.80. The van der Waals surface area contributed by atoms with E-state index < -0.39 is 5.97 Å². The first-order valence-corrected chi connectivity index (χ1v) is 4.89. The minimum Gasteiger partial charge on any atom is -0.478 e. The second-order valence-corrected chi connectivity index (χ2v) is 4.07. The van der Waals surface area contributed by atoms with Gasteiger partial charge in [-0.25, -0.2) is 4.79 Å². The standard InChI is InChI=1S/C11H14N2O2/c1-13-5-8(6-13)9-3-2-7(11(14)15)4-10(9)12/h2-4,8H,5-6,12H2,1H3,(H,14,15). The fraction of sp³-hybridized carbons (Fsp3) is 0.364. The molecule has 0 spiro atoms. The van der Waals surface area contributed by atoms with Crippen LogP contribution in [-0.2, 0) is 0 Å². The summed E-state index contributed by atoms with van der Waals surface area (Å²) in [6, 6.07) is 4.98. The maximum absolute atomic E-state index is 10.7. The molecule has 0 atom stereocenters. The number of likely N-dealkylation sites (N-methyl/N-ethyl adjacent to an activating group) is 1. The lowest BCUT2D eigenvalue weighted by molar-refractivity contribution is 0.0697. The van der Waals surface area contributed by atoms with E-state index in [2.05, 4.69) is 11.9 Å². The number of aromatic carboxylic acids is 1. The predicted octanol–water partition coefficient (Wildman–Crippen LogP) is 0.996. The number of nitrogens with two attached hydrogens (primary N) is 1. The summed E-state index contributed by atoms with van der Waals surface area (Å²) in [6.45, 7) is 1.99. The molecular formula is C11H14N2O2. The van der Waals surface area contributed by atoms with Gasteiger partial charge in [-0.1, -0.05) is 6.07 Å². The summed E-state index contributed by atoms with van der Waals surface area (Å²) in [7, 11) is 2.05. The van der Waals surface area contributed by atoms with Crippen molar-refractivity contribution in [2.75, 3.05) is 25.9 Å². The van der Waals surface area contributed by atoms with E-state index in [4.69, 9.17) is 10.8 Å². The molecule has 4 heteroatoms. The van der Waals surface area contributed by atoms with Crippen molar-refractivity contribution in [3.8, 4) is 0 Å². The van der Waals surface area contributed by atoms with E-state index in [-0.39, 0.29) is 5.56 Å². The SMILES string of the molecule is CN1CC(c2ccc(C(=O)O)cc2N)C1. The number of rotatable bonds is 2. The van der Waals surface area contributed by atoms with Crippen LogP contribution in [0.1, 0.15) is 21.8 Å². The minimum absolute atomic E-state index is 0.254. The van der Waals surface area contributed by atoms with Crippen LogP contribution in [0.2, 0.25) is 0 Å². The molecule has 0 aliphatic carbocycles. The predicted molar refractivity (Wildman–Crippen MR) is 58.1 cm³/mol. The van der Waals surface area contributed by atoms with Gasteiger partial charge >= 0.3 is 5.97 Å². The average molecular weight is 206 g/mol. The van der Waals surface area contributed by atoms with Crippen molar-refractivity contribution in [2.45, 2.75) is 5.92 Å². The molecule has 1 aromatic rings. The molecule has 0 amide bonds. The molecule has 3 N–H and O–H groups in total. The molecule has 1 aliphatic heterocycles. The minimum atomic E-state index is -0.932. The van der Waals surface area contributed by atoms with Crippen LogP contribution in [0.5, 0.6) is 0 Å². The Morgan fingerprint density at radius 2 is 2.20 bits per heavy atom. The number of hydrogen-bond donors (Lipinski definition) is 2. The lowest BCUT2D eigenvalue weighted by atomic mass is 9.90. The second-order valence-electron chi connectivity index (χ2n) is 4.07. The molecule has 1 fully saturated rings. The van der Waals surface area contributed by atoms with Gasteiger partial charge in [-0.2, -0.15) is 0 Å². The summed E-state index contributed by atoms with van der Waals surface area (Å²) in [5.41, 5.74) is 7.75. The molecule has 1 saturated heterocycles. The molecule has 0 unspecified atom stereocenters. The molecule has 2 rings (SSSR count). The van der Waals surface area contributed by atoms with Gasteiger partial charge in [0, 0.05) is 24.7 Å². The smallest absolute Gasteiger partial charge is 0.335 e. The number of carboxylic acids is 1. The monoisotopic (exact) mass is 206 g/mol. The number of carbonyl (C=O) groups is 1. The van der Waals surface area contributed by atoms with Gasteiger partial charge in [0.25, 0.3) is 0 Å². The van der Waals surface area contributed by atoms with Crippen LogP contribution in [0.25, 0.3) is 0 Å². The number of benzene rings is 1. The van der Waals surface area contributed by atoms with E-state index in [1.807, 2.05) is 6.07 Å². The second kappa shape index (κ2) is 3.55. The van der Waals surface area contributed by atoms with Crippen LogP contribution >= 0.6 is 0 Å². The van der Waals surface area contributed by atoms with Gasteiger partial charge in [-0.15, -0.1) is 0 Å². The van der Waals surface area contributed by atoms with E-state index >= 15 is 0 Å². The largest absolute Gasteiger partial charge is 0.478 e. The zero-order chi connectivity index (χ0) is 11.0. The molecule has 1 aromatic carbocycles. The van der Waals surface area contributed by atoms with Crippen molar-refractivity contribution in [2.24, 2.45) is 0 Å². The zero-order valence-corrected chi connectivity index (χ0v) is 8.60. The Kier molecular flexibility index (Phi) is 2.36. The number of nitrogen functional groups attached to an aromatic ring is 1. The zero-order valence-electron chi connectivity index (χ0n) is 8.60. The summed E-state index contributed by atoms with van der Waals surface area (Å²) in [4.78, 5) is 12.9. The van der Waals surface area contributed by atoms with E-state index in [1.165, 1.54) is 6.07 Å². The first-order valence-electron chi connectivity index (χ1n) is 4.89. The van der Waals surface area contributed by atoms with Crippen molar-refractivity contribution in [1.82, 2.24) is 4.90 Å². The number of nitrogens with zero attached hydrogens (tertiary/aromatic N) is 1. The fourth-order valence-electron chi connectivity index (χ4n) is 1.98. The normalized spacial score (nSPS) is 17.4. The Morgan fingerprint density at radius 1 is 1.53 bits per heavy atom. The van der Waals surface area contributed by atoms with Crippen LogP contribution in [-0.4, -0.2) is 36.1 Å². The first kappa shape index (κ1) is 9.98. The summed E-state index contributed by atoms with van der Waals surface area (Å²) < 4.78 is 0. The Hall–Kier alpha value is -1.55. The Morgan fingerprint density at radius 3 is 2.67 bits per heavy atom. The average Bonchev–Trinajstić information content (AvgIpc) is 2.13. The van der Waals surface area contributed by atoms with Crippen molar-refractivity contribution in [1.29, 1.82) is 0 Å². The Bertz CT molecular complexity index is 398. The van der Waals surface area contributed by atoms with E-state index in [0.29, 0.717) is 11.6 Å². The van der Waals surface area contributed by atoms with Gasteiger partial charge in [0.05, 0.1) is 5.56 Å². The first-order chi connectivity index (χ1) is 7.08. The van der Waals surface area contributed by atoms with Crippen molar-refractivity contribution < 1.29 is 9.90 Å². The van der Waals surface area contributed by atoms with E-state index in [0.717, 1.165) is 18.7 Å². The fourth-order valence-corrected chi connectivity index (χ4v) is 1.98. The molecule has 1 heterocycles. The van der Waals surface area contributed by atoms with Gasteiger partial charge in [0.15, 0.2) is 0 Å². The molecule has 0 radical (unpaired) electrons. The molecular weight excluding hydrogens is 192 g/mol. The summed E-state index contributed by atoms with van der Waals surface area (Å²) in [6.07, 6.45) is 0. The Balaban J connectivity index is 2.23. The van der Waals surface area contributed by atoms with Gasteiger partial charge in [0.1, 0.15) is 0 Å². The van der Waals surface area contributed by atoms with E-state index in [9.17, 15) is 4.79 Å². The highest BCUT2D eigenvalue weighted by Gasteiger charge is 2.26. The highest BCUT2D eigenvalue weighted by atomic mass is 16.4. The van der Waals surface area contributed by atoms with Crippen LogP contribution in [0.3, 0.4) is 0 Å². The summed E-state index contributed by atoms with van der Waals surface area (Å²) in [5.74, 6) is -0.475. The summed E-state index contributed by atoms with van der Waals surface area (Å²) >= 11 is 0. The van der Waals surface area contributed by atoms with Gasteiger partial charge < -0.3 is 15.7 Å². The van der Waals surface area contributed by atoms with Crippen LogP contribution < -0.4 is 5.73 Å². The third-order valence-electron chi connectivity index (χ3n) is 2.84. The number of anilines is 1. The summed E-state index contributed by atoms with van der Waals surface area (Å²) in [5, 5.41) is 8.79. The van der Waals surface area contributed by atoms with Crippen LogP contribution in [0, 0.1) is 0 Å². The number of hydrogen-bond acceptors (Lipinski definition) is 3. The molecule has 0 aromatic heterocycles. The molecule has 1 aliphatic rings.